The molecule has 0 spiro atoms. The quantitative estimate of drug-likeness (QED) is 0.541. The second-order valence-electron chi connectivity index (χ2n) is 5.12. The summed E-state index contributed by atoms with van der Waals surface area (Å²) in [7, 11) is 0. The third kappa shape index (κ3) is 7.92. The van der Waals surface area contributed by atoms with Crippen molar-refractivity contribution in [2.75, 3.05) is 13.2 Å². The zero-order valence-electron chi connectivity index (χ0n) is 10.9. The van der Waals surface area contributed by atoms with E-state index in [1.165, 1.54) is 57.8 Å². The maximum absolute atomic E-state index is 5.66. The first-order chi connectivity index (χ1) is 7.89. The van der Waals surface area contributed by atoms with Crippen LogP contribution in [0.5, 0.6) is 0 Å². The molecule has 0 saturated heterocycles. The van der Waals surface area contributed by atoms with Gasteiger partial charge in [0.1, 0.15) is 0 Å². The van der Waals surface area contributed by atoms with Gasteiger partial charge in [-0.3, -0.25) is 0 Å². The van der Waals surface area contributed by atoms with E-state index in [4.69, 9.17) is 4.74 Å². The van der Waals surface area contributed by atoms with Gasteiger partial charge in [-0.1, -0.05) is 44.8 Å². The molecule has 0 aliphatic carbocycles. The van der Waals surface area contributed by atoms with Crippen molar-refractivity contribution in [3.8, 4) is 0 Å². The fraction of sp³-hybridized carbons (Fsp3) is 0.867. The Balaban J connectivity index is 2.18. The van der Waals surface area contributed by atoms with Crippen molar-refractivity contribution in [3.05, 3.63) is 12.2 Å². The summed E-state index contributed by atoms with van der Waals surface area (Å²) in [6.07, 6.45) is 16.6. The maximum atomic E-state index is 5.66. The highest BCUT2D eigenvalue weighted by Gasteiger charge is 2.00. The maximum Gasteiger partial charge on any atom is 0.0468 e. The van der Waals surface area contributed by atoms with Crippen LogP contribution in [-0.2, 0) is 4.74 Å². The van der Waals surface area contributed by atoms with Gasteiger partial charge in [0.25, 0.3) is 0 Å². The third-order valence-corrected chi connectivity index (χ3v) is 3.37. The molecule has 0 N–H and O–H groups in total. The molecule has 94 valence electrons. The molecule has 0 bridgehead atoms. The van der Waals surface area contributed by atoms with E-state index < -0.39 is 0 Å². The van der Waals surface area contributed by atoms with Crippen LogP contribution in [0, 0.1) is 5.92 Å². The van der Waals surface area contributed by atoms with E-state index in [0.717, 1.165) is 19.1 Å². The Hall–Kier alpha value is -0.300. The molecular weight excluding hydrogens is 196 g/mol. The van der Waals surface area contributed by atoms with E-state index in [1.54, 1.807) is 0 Å². The molecule has 0 aromatic carbocycles. The van der Waals surface area contributed by atoms with E-state index >= 15 is 0 Å². The van der Waals surface area contributed by atoms with Gasteiger partial charge in [0.2, 0.25) is 0 Å². The van der Waals surface area contributed by atoms with Gasteiger partial charge in [-0.15, -0.1) is 0 Å². The average molecular weight is 224 g/mol. The summed E-state index contributed by atoms with van der Waals surface area (Å²) in [4.78, 5) is 0. The van der Waals surface area contributed by atoms with Crippen LogP contribution < -0.4 is 0 Å². The first-order valence-electron chi connectivity index (χ1n) is 7.12. The minimum atomic E-state index is 0.779. The van der Waals surface area contributed by atoms with Crippen LogP contribution in [-0.4, -0.2) is 13.2 Å². The van der Waals surface area contributed by atoms with Gasteiger partial charge in [0.15, 0.2) is 0 Å². The predicted octanol–water partition coefficient (Wildman–Crippen LogP) is 4.72. The molecule has 0 aromatic rings. The van der Waals surface area contributed by atoms with E-state index in [1.807, 2.05) is 0 Å². The first kappa shape index (κ1) is 13.8. The van der Waals surface area contributed by atoms with Crippen LogP contribution >= 0.6 is 0 Å². The second kappa shape index (κ2) is 9.89. The van der Waals surface area contributed by atoms with Crippen molar-refractivity contribution < 1.29 is 4.74 Å². The molecule has 1 aliphatic rings. The fourth-order valence-electron chi connectivity index (χ4n) is 2.12. The standard InChI is InChI=1S/C15H28O/c1-15-11-9-7-5-3-2-4-6-8-10-13-16-14-12-15/h7,9,15H,2-6,8,10-14H2,1H3. The van der Waals surface area contributed by atoms with Gasteiger partial charge < -0.3 is 4.74 Å². The molecule has 0 fully saturated rings. The third-order valence-electron chi connectivity index (χ3n) is 3.37. The monoisotopic (exact) mass is 224 g/mol. The highest BCUT2D eigenvalue weighted by molar-refractivity contribution is 4.83. The summed E-state index contributed by atoms with van der Waals surface area (Å²) < 4.78 is 5.66. The van der Waals surface area contributed by atoms with Crippen LogP contribution in [0.1, 0.15) is 64.7 Å². The Morgan fingerprint density at radius 2 is 1.62 bits per heavy atom. The summed E-state index contributed by atoms with van der Waals surface area (Å²) in [5, 5.41) is 0. The van der Waals surface area contributed by atoms with E-state index in [-0.39, 0.29) is 0 Å². The zero-order chi connectivity index (χ0) is 11.5. The number of ether oxygens (including phenoxy) is 1. The highest BCUT2D eigenvalue weighted by Crippen LogP contribution is 2.12. The highest BCUT2D eigenvalue weighted by atomic mass is 16.5. The van der Waals surface area contributed by atoms with Crippen LogP contribution in [0.15, 0.2) is 12.2 Å². The average Bonchev–Trinajstić information content (AvgIpc) is 2.29. The number of hydrogen-bond donors (Lipinski definition) is 0. The summed E-state index contributed by atoms with van der Waals surface area (Å²) in [5.74, 6) is 0.779. The molecule has 0 radical (unpaired) electrons. The summed E-state index contributed by atoms with van der Waals surface area (Å²) in [6.45, 7) is 4.25. The van der Waals surface area contributed by atoms with Crippen molar-refractivity contribution in [2.24, 2.45) is 5.92 Å². The lowest BCUT2D eigenvalue weighted by atomic mass is 10.0. The molecule has 1 heteroatoms. The van der Waals surface area contributed by atoms with Gasteiger partial charge in [-0.25, -0.2) is 0 Å². The molecule has 1 atom stereocenters. The normalized spacial score (nSPS) is 26.9. The second-order valence-corrected chi connectivity index (χ2v) is 5.12. The van der Waals surface area contributed by atoms with Crippen molar-refractivity contribution in [2.45, 2.75) is 64.7 Å². The Morgan fingerprint density at radius 3 is 2.50 bits per heavy atom. The van der Waals surface area contributed by atoms with Crippen molar-refractivity contribution in [1.82, 2.24) is 0 Å². The summed E-state index contributed by atoms with van der Waals surface area (Å²) in [5.41, 5.74) is 0. The molecular formula is C15H28O. The number of rotatable bonds is 0. The molecule has 16 heavy (non-hydrogen) atoms. The Labute approximate surface area is 101 Å². The van der Waals surface area contributed by atoms with Gasteiger partial charge >= 0.3 is 0 Å². The lowest BCUT2D eigenvalue weighted by Gasteiger charge is -2.09. The SMILES string of the molecule is CC1CC=CCCCCCCCCOCC1. The Morgan fingerprint density at radius 1 is 0.875 bits per heavy atom. The van der Waals surface area contributed by atoms with Crippen LogP contribution in [0.3, 0.4) is 0 Å². The lowest BCUT2D eigenvalue weighted by molar-refractivity contribution is 0.118. The van der Waals surface area contributed by atoms with Crippen LogP contribution in [0.2, 0.25) is 0 Å². The minimum absolute atomic E-state index is 0.779. The number of allylic oxidation sites excluding steroid dienone is 2. The van der Waals surface area contributed by atoms with Crippen molar-refractivity contribution in [1.29, 1.82) is 0 Å². The van der Waals surface area contributed by atoms with E-state index in [2.05, 4.69) is 19.1 Å². The van der Waals surface area contributed by atoms with E-state index in [0.29, 0.717) is 0 Å². The van der Waals surface area contributed by atoms with Crippen LogP contribution in [0.4, 0.5) is 0 Å². The largest absolute Gasteiger partial charge is 0.381 e. The van der Waals surface area contributed by atoms with Gasteiger partial charge in [0, 0.05) is 13.2 Å². The minimum Gasteiger partial charge on any atom is -0.381 e. The van der Waals surface area contributed by atoms with Crippen molar-refractivity contribution >= 4 is 0 Å². The molecule has 1 aliphatic heterocycles. The molecule has 1 unspecified atom stereocenters. The summed E-state index contributed by atoms with van der Waals surface area (Å²) >= 11 is 0. The van der Waals surface area contributed by atoms with Gasteiger partial charge in [-0.2, -0.15) is 0 Å². The van der Waals surface area contributed by atoms with Crippen LogP contribution in [0.25, 0.3) is 0 Å². The topological polar surface area (TPSA) is 9.23 Å². The molecule has 0 aromatic heterocycles. The molecule has 0 saturated carbocycles. The van der Waals surface area contributed by atoms with Crippen molar-refractivity contribution in [3.63, 3.8) is 0 Å². The fourth-order valence-corrected chi connectivity index (χ4v) is 2.12. The Bertz CT molecular complexity index is 174. The lowest BCUT2D eigenvalue weighted by Crippen LogP contribution is -2.02. The van der Waals surface area contributed by atoms with E-state index in [9.17, 15) is 0 Å². The Kier molecular flexibility index (Phi) is 8.51. The molecule has 0 amide bonds. The number of hydrogen-bond acceptors (Lipinski definition) is 1. The summed E-state index contributed by atoms with van der Waals surface area (Å²) in [6, 6.07) is 0. The first-order valence-corrected chi connectivity index (χ1v) is 7.12. The molecule has 1 nitrogen and oxygen atoms in total. The zero-order valence-corrected chi connectivity index (χ0v) is 10.9. The van der Waals surface area contributed by atoms with Gasteiger partial charge in [-0.05, 0) is 38.0 Å². The molecule has 1 heterocycles. The van der Waals surface area contributed by atoms with Gasteiger partial charge in [0.05, 0.1) is 0 Å². The molecule has 1 rings (SSSR count). The predicted molar refractivity (Wildman–Crippen MR) is 70.7 cm³/mol. The smallest absolute Gasteiger partial charge is 0.0468 e.